The van der Waals surface area contributed by atoms with E-state index < -0.39 is 6.10 Å². The number of aliphatic hydroxyl groups excluding tert-OH is 1. The van der Waals surface area contributed by atoms with E-state index in [0.29, 0.717) is 21.6 Å². The molecule has 3 nitrogen and oxygen atoms in total. The first-order valence-electron chi connectivity index (χ1n) is 5.17. The van der Waals surface area contributed by atoms with Crippen molar-refractivity contribution in [3.05, 3.63) is 22.4 Å². The van der Waals surface area contributed by atoms with E-state index >= 15 is 0 Å². The fourth-order valence-corrected chi connectivity index (χ4v) is 2.78. The first kappa shape index (κ1) is 14.6. The molecule has 0 saturated heterocycles. The zero-order chi connectivity index (χ0) is 12.7. The quantitative estimate of drug-likeness (QED) is 0.645. The molecule has 0 aliphatic heterocycles. The second-order valence-corrected chi connectivity index (χ2v) is 5.82. The van der Waals surface area contributed by atoms with Crippen LogP contribution < -0.4 is 0 Å². The van der Waals surface area contributed by atoms with Crippen molar-refractivity contribution in [1.29, 1.82) is 0 Å². The number of carbonyl (C=O) groups excluding carboxylic acids is 1. The van der Waals surface area contributed by atoms with E-state index in [1.165, 1.54) is 23.1 Å². The average Bonchev–Trinajstić information content (AvgIpc) is 2.80. The molecule has 0 saturated carbocycles. The zero-order valence-corrected chi connectivity index (χ0v) is 11.9. The number of carbonyl (C=O) groups is 1. The fourth-order valence-electron chi connectivity index (χ4n) is 1.13. The molecule has 0 amide bonds. The molecule has 1 atom stereocenters. The third kappa shape index (κ3) is 5.63. The monoisotopic (exact) mass is 290 g/mol. The Labute approximate surface area is 114 Å². The van der Waals surface area contributed by atoms with Gasteiger partial charge in [-0.25, -0.2) is 0 Å². The molecule has 0 bridgehead atoms. The summed E-state index contributed by atoms with van der Waals surface area (Å²) in [5.41, 5.74) is 0. The van der Waals surface area contributed by atoms with Gasteiger partial charge in [0, 0.05) is 12.2 Å². The maximum absolute atomic E-state index is 11.7. The van der Waals surface area contributed by atoms with Gasteiger partial charge in [-0.3, -0.25) is 4.79 Å². The summed E-state index contributed by atoms with van der Waals surface area (Å²) in [5.74, 6) is 0.353. The van der Waals surface area contributed by atoms with Crippen LogP contribution in [0.15, 0.2) is 17.5 Å². The zero-order valence-electron chi connectivity index (χ0n) is 9.42. The van der Waals surface area contributed by atoms with Gasteiger partial charge in [-0.2, -0.15) is 0 Å². The molecule has 1 aromatic rings. The Kier molecular flexibility index (Phi) is 6.72. The smallest absolute Gasteiger partial charge is 0.220 e. The minimum absolute atomic E-state index is 0.0320. The van der Waals surface area contributed by atoms with E-state index in [9.17, 15) is 9.90 Å². The summed E-state index contributed by atoms with van der Waals surface area (Å²) in [6.07, 6.45) is -0.560. The van der Waals surface area contributed by atoms with Crippen LogP contribution in [0.25, 0.3) is 0 Å². The molecule has 1 aromatic heterocycles. The van der Waals surface area contributed by atoms with Crippen LogP contribution in [-0.2, 0) is 4.74 Å². The molecule has 1 unspecified atom stereocenters. The van der Waals surface area contributed by atoms with E-state index in [1.54, 1.807) is 6.07 Å². The molecule has 94 valence electrons. The number of Topliss-reactive ketones (excluding diaryl/α,β-unsaturated/α-hetero) is 1. The lowest BCUT2D eigenvalue weighted by Crippen LogP contribution is -2.16. The Hall–Kier alpha value is -0.430. The van der Waals surface area contributed by atoms with Crippen LogP contribution in [0.4, 0.5) is 0 Å². The summed E-state index contributed by atoms with van der Waals surface area (Å²) in [5, 5.41) is 11.5. The van der Waals surface area contributed by atoms with E-state index in [4.69, 9.17) is 17.0 Å². The maximum atomic E-state index is 11.7. The highest BCUT2D eigenvalue weighted by Gasteiger charge is 2.14. The van der Waals surface area contributed by atoms with Gasteiger partial charge in [-0.15, -0.1) is 11.3 Å². The van der Waals surface area contributed by atoms with Crippen molar-refractivity contribution in [2.75, 3.05) is 12.4 Å². The lowest BCUT2D eigenvalue weighted by Gasteiger charge is -2.09. The number of thioether (sulfide) groups is 1. The van der Waals surface area contributed by atoms with Crippen LogP contribution in [0.2, 0.25) is 0 Å². The van der Waals surface area contributed by atoms with Gasteiger partial charge in [0.25, 0.3) is 0 Å². The molecule has 0 radical (unpaired) electrons. The highest BCUT2D eigenvalue weighted by atomic mass is 32.2. The van der Waals surface area contributed by atoms with Crippen molar-refractivity contribution in [3.8, 4) is 0 Å². The molecule has 17 heavy (non-hydrogen) atoms. The Bertz CT molecular complexity index is 362. The predicted molar refractivity (Wildman–Crippen MR) is 76.0 cm³/mol. The van der Waals surface area contributed by atoms with Gasteiger partial charge >= 0.3 is 0 Å². The van der Waals surface area contributed by atoms with Gasteiger partial charge in [0.2, 0.25) is 4.38 Å². The molecular formula is C11H14O3S3. The molecular weight excluding hydrogens is 276 g/mol. The first-order chi connectivity index (χ1) is 8.13. The number of ketones is 1. The largest absolute Gasteiger partial charge is 0.479 e. The summed E-state index contributed by atoms with van der Waals surface area (Å²) >= 11 is 7.56. The van der Waals surface area contributed by atoms with Crippen molar-refractivity contribution < 1.29 is 14.6 Å². The van der Waals surface area contributed by atoms with E-state index in [-0.39, 0.29) is 12.2 Å². The second kappa shape index (κ2) is 7.81. The minimum Gasteiger partial charge on any atom is -0.479 e. The number of aliphatic hydroxyl groups is 1. The molecule has 6 heteroatoms. The van der Waals surface area contributed by atoms with Crippen molar-refractivity contribution in [1.82, 2.24) is 0 Å². The maximum Gasteiger partial charge on any atom is 0.220 e. The molecule has 0 fully saturated rings. The van der Waals surface area contributed by atoms with Crippen molar-refractivity contribution >= 4 is 45.5 Å². The number of thiocarbonyl (C=S) groups is 1. The number of ether oxygens (including phenoxy) is 1. The third-order valence-corrected chi connectivity index (χ3v) is 4.16. The molecule has 0 spiro atoms. The Morgan fingerprint density at radius 3 is 3.06 bits per heavy atom. The Morgan fingerprint density at radius 2 is 2.47 bits per heavy atom. The van der Waals surface area contributed by atoms with E-state index in [1.807, 2.05) is 18.4 Å². The van der Waals surface area contributed by atoms with E-state index in [2.05, 4.69) is 0 Å². The number of hydrogen-bond donors (Lipinski definition) is 1. The van der Waals surface area contributed by atoms with Gasteiger partial charge in [0.1, 0.15) is 0 Å². The van der Waals surface area contributed by atoms with Crippen LogP contribution >= 0.6 is 35.3 Å². The summed E-state index contributed by atoms with van der Waals surface area (Å²) < 4.78 is 5.48. The van der Waals surface area contributed by atoms with Gasteiger partial charge in [0.05, 0.1) is 17.6 Å². The van der Waals surface area contributed by atoms with Gasteiger partial charge in [-0.1, -0.05) is 17.8 Å². The number of thiophene rings is 1. The van der Waals surface area contributed by atoms with Gasteiger partial charge in [0.15, 0.2) is 5.78 Å². The topological polar surface area (TPSA) is 46.5 Å². The highest BCUT2D eigenvalue weighted by molar-refractivity contribution is 8.22. The summed E-state index contributed by atoms with van der Waals surface area (Å²) in [4.78, 5) is 12.3. The lowest BCUT2D eigenvalue weighted by atomic mass is 10.2. The lowest BCUT2D eigenvalue weighted by molar-refractivity contribution is 0.0909. The SMILES string of the molecule is CCOC(=S)SCC(O)CC(=O)c1cccs1. The van der Waals surface area contributed by atoms with Crippen molar-refractivity contribution in [2.45, 2.75) is 19.4 Å². The van der Waals surface area contributed by atoms with E-state index in [0.717, 1.165) is 0 Å². The van der Waals surface area contributed by atoms with Gasteiger partial charge in [-0.05, 0) is 30.6 Å². The predicted octanol–water partition coefficient (Wildman–Crippen LogP) is 2.74. The van der Waals surface area contributed by atoms with Crippen LogP contribution in [0.5, 0.6) is 0 Å². The minimum atomic E-state index is -0.687. The normalized spacial score (nSPS) is 12.1. The molecule has 1 heterocycles. The summed E-state index contributed by atoms with van der Waals surface area (Å²) in [6, 6.07) is 3.58. The second-order valence-electron chi connectivity index (χ2n) is 3.25. The molecule has 1 N–H and O–H groups in total. The Balaban J connectivity index is 2.27. The highest BCUT2D eigenvalue weighted by Crippen LogP contribution is 2.15. The molecule has 0 aliphatic rings. The van der Waals surface area contributed by atoms with Crippen molar-refractivity contribution in [2.24, 2.45) is 0 Å². The fraction of sp³-hybridized carbons (Fsp3) is 0.455. The number of hydrogen-bond acceptors (Lipinski definition) is 6. The van der Waals surface area contributed by atoms with Crippen LogP contribution in [-0.4, -0.2) is 33.7 Å². The first-order valence-corrected chi connectivity index (χ1v) is 7.45. The van der Waals surface area contributed by atoms with Gasteiger partial charge < -0.3 is 9.84 Å². The standard InChI is InChI=1S/C11H14O3S3/c1-2-14-11(15)17-7-8(12)6-9(13)10-4-3-5-16-10/h3-5,8,12H,2,6-7H2,1H3. The van der Waals surface area contributed by atoms with Crippen LogP contribution in [0.1, 0.15) is 23.0 Å². The van der Waals surface area contributed by atoms with Crippen molar-refractivity contribution in [3.63, 3.8) is 0 Å². The number of rotatable bonds is 6. The summed E-state index contributed by atoms with van der Waals surface area (Å²) in [6.45, 7) is 2.37. The molecule has 1 rings (SSSR count). The van der Waals surface area contributed by atoms with Crippen LogP contribution in [0, 0.1) is 0 Å². The third-order valence-electron chi connectivity index (χ3n) is 1.87. The Morgan fingerprint density at radius 1 is 1.71 bits per heavy atom. The van der Waals surface area contributed by atoms with Crippen LogP contribution in [0.3, 0.4) is 0 Å². The average molecular weight is 290 g/mol. The summed E-state index contributed by atoms with van der Waals surface area (Å²) in [7, 11) is 0. The molecule has 0 aromatic carbocycles. The molecule has 0 aliphatic carbocycles.